The van der Waals surface area contributed by atoms with Crippen LogP contribution in [0.1, 0.15) is 25.7 Å². The molecule has 3 fully saturated rings. The number of amides is 1. The Morgan fingerprint density at radius 3 is 1.39 bits per heavy atom. The molecule has 2 saturated heterocycles. The van der Waals surface area contributed by atoms with E-state index in [1.165, 1.54) is 0 Å². The van der Waals surface area contributed by atoms with Crippen molar-refractivity contribution in [3.8, 4) is 46.9 Å². The van der Waals surface area contributed by atoms with E-state index in [1.807, 2.05) is 0 Å². The number of nitrogens with one attached hydrogen (secondary N) is 4. The highest BCUT2D eigenvalue weighted by Gasteiger charge is 2.50. The van der Waals surface area contributed by atoms with Gasteiger partial charge >= 0.3 is 18.1 Å². The van der Waals surface area contributed by atoms with Gasteiger partial charge in [-0.1, -0.05) is 0 Å². The van der Waals surface area contributed by atoms with Crippen LogP contribution in [0.15, 0.2) is 42.4 Å². The maximum atomic E-state index is 12.2. The van der Waals surface area contributed by atoms with Crippen molar-refractivity contribution in [2.75, 3.05) is 144 Å². The third kappa shape index (κ3) is 20.9. The van der Waals surface area contributed by atoms with E-state index in [1.54, 1.807) is 24.5 Å². The second-order valence-electron chi connectivity index (χ2n) is 22.0. The number of aliphatic hydroxyl groups excluding tert-OH is 8. The molecule has 0 unspecified atom stereocenters. The molecule has 3 aromatic heterocycles. The predicted molar refractivity (Wildman–Crippen MR) is 347 cm³/mol. The van der Waals surface area contributed by atoms with Gasteiger partial charge < -0.3 is 133 Å². The Balaban J connectivity index is 0.665. The number of alkyl carbamates (subject to hydrolysis) is 1. The molecular weight excluding hydrogens is 1520 g/mol. The van der Waals surface area contributed by atoms with E-state index in [2.05, 4.69) is 111 Å². The number of hydrogen-bond donors (Lipinski definition) is 12. The summed E-state index contributed by atoms with van der Waals surface area (Å²) in [6, 6.07) is 3.49. The van der Waals surface area contributed by atoms with E-state index in [-0.39, 0.29) is 115 Å². The number of H-pyrrole nitrogens is 2. The summed E-state index contributed by atoms with van der Waals surface area (Å²) in [6.45, 7) is 3.18. The highest BCUT2D eigenvalue weighted by molar-refractivity contribution is 9.11. The van der Waals surface area contributed by atoms with Crippen LogP contribution in [0.4, 0.5) is 10.7 Å². The van der Waals surface area contributed by atoms with Gasteiger partial charge in [-0.15, -0.1) is 16.8 Å². The van der Waals surface area contributed by atoms with E-state index in [4.69, 9.17) is 71.1 Å². The molecule has 2 aliphatic carbocycles. The summed E-state index contributed by atoms with van der Waals surface area (Å²) < 4.78 is 88.6. The third-order valence-electron chi connectivity index (χ3n) is 15.6. The van der Waals surface area contributed by atoms with Crippen LogP contribution in [-0.4, -0.2) is 272 Å². The first-order chi connectivity index (χ1) is 46.1. The Bertz CT molecular complexity index is 3090. The fourth-order valence-electron chi connectivity index (χ4n) is 10.6. The number of aliphatic hydroxyl groups is 8. The van der Waals surface area contributed by atoms with Crippen molar-refractivity contribution in [1.82, 2.24) is 30.2 Å². The standard InChI is InChI=1S/C60H79Br4N7O24/c61-35-25-37-43(39(27-67-37)92-55-51(78)49(76)47(74)41(29-72)94-55)45(63)53(35)87-21-17-83-13-15-85-19-23-89-58-69-57(65-7-9-81-11-12-82-10-8-66-60(80)91-31-34-32-5-3-1-2-4-6-33(32)34)70-59(71-58)90-24-20-86-16-14-84-18-22-88-54-36(62)26-38-44(46(54)64)40(28-68-38)93-56-52(79)50(77)48(75)42(30-73)95-56/h25-28,32-34,41-42,47-52,55-56,67-68,72-79H,3-24,29-31H2,(H,66,80)(H,65,69,70,71)/t32-,33+,34-,41-,42-,47-,48-,49+,50+,51-,52-,55-,56-/m1/s1. The van der Waals surface area contributed by atoms with Crippen molar-refractivity contribution in [2.24, 2.45) is 17.8 Å². The number of fused-ring (bicyclic) bond motifs is 3. The molecule has 95 heavy (non-hydrogen) atoms. The van der Waals surface area contributed by atoms with E-state index < -0.39 is 80.7 Å². The lowest BCUT2D eigenvalue weighted by Gasteiger charge is -2.39. The number of anilines is 1. The lowest BCUT2D eigenvalue weighted by Crippen LogP contribution is -2.60. The maximum Gasteiger partial charge on any atom is 0.407 e. The van der Waals surface area contributed by atoms with Crippen LogP contribution in [0.25, 0.3) is 21.8 Å². The average Bonchev–Trinajstić information content (AvgIpc) is 1.74. The highest BCUT2D eigenvalue weighted by Crippen LogP contribution is 2.52. The summed E-state index contributed by atoms with van der Waals surface area (Å²) >= 11 is 14.3. The molecule has 0 radical (unpaired) electrons. The van der Waals surface area contributed by atoms with Gasteiger partial charge in [-0.3, -0.25) is 0 Å². The predicted octanol–water partition coefficient (Wildman–Crippen LogP) is 2.83. The Hall–Kier alpha value is -4.76. The average molecular weight is 1600 g/mol. The molecule has 4 aliphatic rings. The van der Waals surface area contributed by atoms with Crippen LogP contribution in [0.5, 0.6) is 35.0 Å². The number of hydrogen-bond acceptors (Lipinski definition) is 28. The zero-order valence-corrected chi connectivity index (χ0v) is 57.8. The molecule has 5 heterocycles. The maximum absolute atomic E-state index is 12.2. The van der Waals surface area contributed by atoms with Crippen LogP contribution < -0.4 is 39.1 Å². The van der Waals surface area contributed by atoms with Crippen LogP contribution >= 0.6 is 63.7 Å². The minimum Gasteiger partial charge on any atom is -0.489 e. The van der Waals surface area contributed by atoms with Crippen molar-refractivity contribution in [2.45, 2.75) is 87.1 Å². The van der Waals surface area contributed by atoms with Gasteiger partial charge in [0.1, 0.15) is 98.3 Å². The molecule has 526 valence electrons. The number of aromatic amines is 2. The molecule has 2 aliphatic heterocycles. The molecule has 1 saturated carbocycles. The SMILES string of the molecule is O=C(NCCOCCOCCNc1nc(OCCOCCOCCOc2c(Br)cc3[nH]cc(O[C@@H]4O[C@H](CO)[C@@H](O)[C@H](O)[C@H]4O)c3c2Br)nc(OCCOCCOCCOc2c(Br)cc3[nH]cc(O[C@@H]4O[C@H](CO)[C@@H](O)[C@H](O)[C@H]4O)c3c2Br)n1)OC[C@@H]1[C@@H]2CCC#CCC[C@@H]21. The Morgan fingerprint density at radius 1 is 0.537 bits per heavy atom. The fourth-order valence-corrected chi connectivity index (χ4v) is 13.7. The van der Waals surface area contributed by atoms with E-state index in [0.717, 1.165) is 25.7 Å². The lowest BCUT2D eigenvalue weighted by atomic mass is 9.99. The number of carbonyl (C=O) groups is 1. The number of carbonyl (C=O) groups excluding carboxylic acids is 1. The van der Waals surface area contributed by atoms with Crippen LogP contribution in [0.2, 0.25) is 0 Å². The molecule has 35 heteroatoms. The second kappa shape index (κ2) is 38.0. The Kier molecular flexibility index (Phi) is 29.8. The molecule has 2 aromatic carbocycles. The zero-order valence-electron chi connectivity index (χ0n) is 51.5. The van der Waals surface area contributed by atoms with E-state index in [0.29, 0.717) is 108 Å². The Labute approximate surface area is 579 Å². The number of halogens is 4. The summed E-state index contributed by atoms with van der Waals surface area (Å²) in [6.07, 6.45) is -7.95. The number of rotatable bonds is 40. The molecule has 9 rings (SSSR count). The van der Waals surface area contributed by atoms with Gasteiger partial charge in [0.05, 0.1) is 139 Å². The molecule has 12 N–H and O–H groups in total. The van der Waals surface area contributed by atoms with Crippen molar-refractivity contribution in [3.05, 3.63) is 42.4 Å². The summed E-state index contributed by atoms with van der Waals surface area (Å²) in [5.41, 5.74) is 1.28. The lowest BCUT2D eigenvalue weighted by molar-refractivity contribution is -0.277. The van der Waals surface area contributed by atoms with Gasteiger partial charge in [-0.05, 0) is 106 Å². The smallest absolute Gasteiger partial charge is 0.407 e. The number of ether oxygens (including phenoxy) is 15. The number of aromatic nitrogens is 5. The summed E-state index contributed by atoms with van der Waals surface area (Å²) in [7, 11) is 0. The largest absolute Gasteiger partial charge is 0.489 e. The van der Waals surface area contributed by atoms with Crippen molar-refractivity contribution in [3.63, 3.8) is 0 Å². The molecule has 0 spiro atoms. The fraction of sp³-hybridized carbons (Fsp3) is 0.633. The van der Waals surface area contributed by atoms with Gasteiger partial charge in [0.25, 0.3) is 0 Å². The van der Waals surface area contributed by atoms with Crippen molar-refractivity contribution >= 4 is 97.6 Å². The van der Waals surface area contributed by atoms with Gasteiger partial charge in [-0.25, -0.2) is 4.79 Å². The molecular formula is C60H79Br4N7O24. The third-order valence-corrected chi connectivity index (χ3v) is 18.3. The molecule has 13 atom stereocenters. The monoisotopic (exact) mass is 1600 g/mol. The first-order valence-corrected chi connectivity index (χ1v) is 34.1. The van der Waals surface area contributed by atoms with E-state index >= 15 is 0 Å². The summed E-state index contributed by atoms with van der Waals surface area (Å²) in [5.74, 6) is 9.56. The minimum absolute atomic E-state index is 0.0269. The Morgan fingerprint density at radius 2 is 0.947 bits per heavy atom. The number of benzene rings is 2. The van der Waals surface area contributed by atoms with Crippen molar-refractivity contribution < 1.29 is 117 Å². The topological polar surface area (TPSA) is 412 Å². The normalized spacial score (nSPS) is 24.8. The van der Waals surface area contributed by atoms with Crippen LogP contribution in [0.3, 0.4) is 0 Å². The second-order valence-corrected chi connectivity index (χ2v) is 25.2. The minimum atomic E-state index is -1.61. The molecule has 5 aromatic rings. The van der Waals surface area contributed by atoms with Gasteiger partial charge in [-0.2, -0.15) is 9.97 Å². The quantitative estimate of drug-likeness (QED) is 0.0198. The highest BCUT2D eigenvalue weighted by atomic mass is 79.9. The number of nitrogens with zero attached hydrogens (tertiary/aromatic N) is 3. The zero-order chi connectivity index (χ0) is 67.2. The van der Waals surface area contributed by atoms with Gasteiger partial charge in [0.2, 0.25) is 18.5 Å². The van der Waals surface area contributed by atoms with Gasteiger partial charge in [0.15, 0.2) is 0 Å². The summed E-state index contributed by atoms with van der Waals surface area (Å²) in [5, 5.41) is 88.1. The van der Waals surface area contributed by atoms with Crippen molar-refractivity contribution in [1.29, 1.82) is 0 Å². The first-order valence-electron chi connectivity index (χ1n) is 30.9. The molecule has 1 amide bonds. The van der Waals surface area contributed by atoms with Crippen LogP contribution in [0, 0.1) is 29.6 Å². The summed E-state index contributed by atoms with van der Waals surface area (Å²) in [4.78, 5) is 31.5. The molecule has 31 nitrogen and oxygen atoms in total. The molecule has 0 bridgehead atoms. The first kappa shape index (κ1) is 74.5. The van der Waals surface area contributed by atoms with E-state index in [9.17, 15) is 45.6 Å². The van der Waals surface area contributed by atoms with Gasteiger partial charge in [0, 0.05) is 38.3 Å². The van der Waals surface area contributed by atoms with Crippen LogP contribution in [-0.2, 0) is 42.6 Å².